The lowest BCUT2D eigenvalue weighted by Gasteiger charge is -2.17. The molecule has 0 aliphatic carbocycles. The third-order valence-corrected chi connectivity index (χ3v) is 4.57. The van der Waals surface area contributed by atoms with Gasteiger partial charge in [-0.2, -0.15) is 13.2 Å². The van der Waals surface area contributed by atoms with Crippen LogP contribution in [0.4, 0.5) is 36.4 Å². The van der Waals surface area contributed by atoms with Gasteiger partial charge in [0, 0.05) is 12.1 Å². The van der Waals surface area contributed by atoms with Gasteiger partial charge in [-0.15, -0.1) is 0 Å². The Morgan fingerprint density at radius 3 is 1.50 bits per heavy atom. The van der Waals surface area contributed by atoms with Crippen molar-refractivity contribution in [2.75, 3.05) is 4.90 Å². The Kier molecular flexibility index (Phi) is 4.91. The van der Waals surface area contributed by atoms with Gasteiger partial charge >= 0.3 is 6.18 Å². The Morgan fingerprint density at radius 1 is 0.688 bits per heavy atom. The van der Waals surface area contributed by atoms with E-state index in [1.54, 1.807) is 0 Å². The maximum Gasteiger partial charge on any atom is 0.416 e. The molecule has 0 atom stereocenters. The summed E-state index contributed by atoms with van der Waals surface area (Å²) in [5.74, 6) is -11.3. The highest BCUT2D eigenvalue weighted by molar-refractivity contribution is 6.34. The van der Waals surface area contributed by atoms with Gasteiger partial charge < -0.3 is 4.74 Å². The lowest BCUT2D eigenvalue weighted by molar-refractivity contribution is -0.138. The van der Waals surface area contributed by atoms with Crippen molar-refractivity contribution in [2.24, 2.45) is 0 Å². The molecule has 0 N–H and O–H groups in total. The summed E-state index contributed by atoms with van der Waals surface area (Å²) in [5.41, 5.74) is -2.17. The van der Waals surface area contributed by atoms with E-state index >= 15 is 0 Å². The minimum Gasteiger partial charge on any atom is -0.445 e. The Labute approximate surface area is 174 Å². The molecule has 164 valence electrons. The highest BCUT2D eigenvalue weighted by Crippen LogP contribution is 2.38. The zero-order valence-electron chi connectivity index (χ0n) is 15.4. The van der Waals surface area contributed by atoms with E-state index in [0.717, 1.165) is 0 Å². The molecule has 0 saturated carbocycles. The van der Waals surface area contributed by atoms with Gasteiger partial charge in [0.05, 0.1) is 22.4 Å². The average Bonchev–Trinajstić information content (AvgIpc) is 2.96. The Morgan fingerprint density at radius 2 is 1.09 bits per heavy atom. The third-order valence-electron chi connectivity index (χ3n) is 4.57. The molecule has 0 radical (unpaired) electrons. The fourth-order valence-electron chi connectivity index (χ4n) is 3.12. The molecule has 3 aromatic rings. The average molecular weight is 455 g/mol. The molecule has 0 saturated heterocycles. The number of rotatable bonds is 3. The predicted octanol–water partition coefficient (Wildman–Crippen LogP) is 5.85. The summed E-state index contributed by atoms with van der Waals surface area (Å²) in [4.78, 5) is 25.4. The SMILES string of the molecule is O=C1c2ccccc2C(=O)N1c1cc(F)c(Oc2c(F)cc(C(F)(F)F)cc2F)c(F)c1. The van der Waals surface area contributed by atoms with Gasteiger partial charge in [-0.3, -0.25) is 9.59 Å². The molecule has 0 aromatic heterocycles. The molecule has 1 aliphatic rings. The first kappa shape index (κ1) is 21.3. The molecular formula is C21H8F7NO3. The summed E-state index contributed by atoms with van der Waals surface area (Å²) >= 11 is 0. The molecule has 1 aliphatic heterocycles. The van der Waals surface area contributed by atoms with Gasteiger partial charge in [-0.25, -0.2) is 22.5 Å². The molecule has 0 bridgehead atoms. The van der Waals surface area contributed by atoms with Crippen LogP contribution in [0.1, 0.15) is 26.3 Å². The van der Waals surface area contributed by atoms with Crippen molar-refractivity contribution in [3.05, 3.63) is 88.5 Å². The van der Waals surface area contributed by atoms with Crippen molar-refractivity contribution in [1.29, 1.82) is 0 Å². The predicted molar refractivity (Wildman–Crippen MR) is 95.4 cm³/mol. The summed E-state index contributed by atoms with van der Waals surface area (Å²) in [6.45, 7) is 0. The molecule has 4 nitrogen and oxygen atoms in total. The van der Waals surface area contributed by atoms with Crippen molar-refractivity contribution in [3.8, 4) is 11.5 Å². The molecule has 1 heterocycles. The van der Waals surface area contributed by atoms with Crippen molar-refractivity contribution in [1.82, 2.24) is 0 Å². The van der Waals surface area contributed by atoms with Crippen LogP contribution < -0.4 is 9.64 Å². The zero-order chi connectivity index (χ0) is 23.4. The van der Waals surface area contributed by atoms with Crippen LogP contribution in [0.5, 0.6) is 11.5 Å². The lowest BCUT2D eigenvalue weighted by atomic mass is 10.1. The Bertz CT molecular complexity index is 1210. The maximum absolute atomic E-state index is 14.5. The summed E-state index contributed by atoms with van der Waals surface area (Å²) < 4.78 is 99.4. The zero-order valence-corrected chi connectivity index (χ0v) is 15.4. The van der Waals surface area contributed by atoms with E-state index in [1.807, 2.05) is 0 Å². The van der Waals surface area contributed by atoms with E-state index in [2.05, 4.69) is 4.74 Å². The maximum atomic E-state index is 14.5. The number of carbonyl (C=O) groups excluding carboxylic acids is 2. The van der Waals surface area contributed by atoms with E-state index in [1.165, 1.54) is 24.3 Å². The highest BCUT2D eigenvalue weighted by Gasteiger charge is 2.37. The topological polar surface area (TPSA) is 46.6 Å². The van der Waals surface area contributed by atoms with Gasteiger partial charge in [-0.1, -0.05) is 12.1 Å². The summed E-state index contributed by atoms with van der Waals surface area (Å²) in [6.07, 6.45) is -5.06. The fraction of sp³-hybridized carbons (Fsp3) is 0.0476. The fourth-order valence-corrected chi connectivity index (χ4v) is 3.12. The number of anilines is 1. The number of ether oxygens (including phenoxy) is 1. The van der Waals surface area contributed by atoms with Gasteiger partial charge in [0.25, 0.3) is 11.8 Å². The second kappa shape index (κ2) is 7.36. The third kappa shape index (κ3) is 3.45. The molecule has 4 rings (SSSR count). The lowest BCUT2D eigenvalue weighted by Crippen LogP contribution is -2.29. The molecule has 2 amide bonds. The van der Waals surface area contributed by atoms with Gasteiger partial charge in [0.2, 0.25) is 0 Å². The number of alkyl halides is 3. The molecule has 0 fully saturated rings. The van der Waals surface area contributed by atoms with Gasteiger partial charge in [0.15, 0.2) is 34.8 Å². The van der Waals surface area contributed by atoms with Crippen LogP contribution in [0.15, 0.2) is 48.5 Å². The van der Waals surface area contributed by atoms with E-state index in [0.29, 0.717) is 17.0 Å². The quantitative estimate of drug-likeness (QED) is 0.368. The number of benzene rings is 3. The van der Waals surface area contributed by atoms with E-state index in [4.69, 9.17) is 0 Å². The number of nitrogens with zero attached hydrogens (tertiary/aromatic N) is 1. The van der Waals surface area contributed by atoms with Crippen LogP contribution in [0, 0.1) is 23.3 Å². The van der Waals surface area contributed by atoms with Crippen molar-refractivity contribution >= 4 is 17.5 Å². The summed E-state index contributed by atoms with van der Waals surface area (Å²) in [5, 5.41) is 0. The van der Waals surface area contributed by atoms with Crippen LogP contribution in [0.2, 0.25) is 0 Å². The Hall–Kier alpha value is -3.89. The van der Waals surface area contributed by atoms with Gasteiger partial charge in [0.1, 0.15) is 0 Å². The van der Waals surface area contributed by atoms with Crippen molar-refractivity contribution in [3.63, 3.8) is 0 Å². The van der Waals surface area contributed by atoms with Crippen LogP contribution >= 0.6 is 0 Å². The van der Waals surface area contributed by atoms with Crippen molar-refractivity contribution in [2.45, 2.75) is 6.18 Å². The number of amides is 2. The first-order valence-corrected chi connectivity index (χ1v) is 8.70. The van der Waals surface area contributed by atoms with E-state index in [9.17, 15) is 40.3 Å². The van der Waals surface area contributed by atoms with Crippen LogP contribution in [0.3, 0.4) is 0 Å². The second-order valence-corrected chi connectivity index (χ2v) is 6.60. The number of halogens is 7. The van der Waals surface area contributed by atoms with E-state index < -0.39 is 64.0 Å². The minimum absolute atomic E-state index is 0.00698. The first-order valence-electron chi connectivity index (χ1n) is 8.70. The van der Waals surface area contributed by atoms with Crippen LogP contribution in [-0.4, -0.2) is 11.8 Å². The number of fused-ring (bicyclic) bond motifs is 1. The normalized spacial score (nSPS) is 13.5. The molecule has 0 unspecified atom stereocenters. The standard InChI is InChI=1S/C21H8F7NO3/c22-13-5-9(21(26,27)28)6-14(23)17(13)32-18-15(24)7-10(8-16(18)25)29-19(30)11-3-1-2-4-12(11)20(29)31/h1-8H. The Balaban J connectivity index is 1.70. The number of hydrogen-bond donors (Lipinski definition) is 0. The van der Waals surface area contributed by atoms with E-state index in [-0.39, 0.29) is 23.3 Å². The second-order valence-electron chi connectivity index (χ2n) is 6.60. The number of imide groups is 1. The summed E-state index contributed by atoms with van der Waals surface area (Å²) in [6, 6.07) is 6.49. The monoisotopic (exact) mass is 455 g/mol. The largest absolute Gasteiger partial charge is 0.445 e. The smallest absolute Gasteiger partial charge is 0.416 e. The van der Waals surface area contributed by atoms with Crippen LogP contribution in [-0.2, 0) is 6.18 Å². The summed E-state index contributed by atoms with van der Waals surface area (Å²) in [7, 11) is 0. The minimum atomic E-state index is -5.06. The number of hydrogen-bond acceptors (Lipinski definition) is 3. The van der Waals surface area contributed by atoms with Crippen molar-refractivity contribution < 1.29 is 45.1 Å². The van der Waals surface area contributed by atoms with Gasteiger partial charge in [-0.05, 0) is 24.3 Å². The molecule has 3 aromatic carbocycles. The molecule has 0 spiro atoms. The molecular weight excluding hydrogens is 447 g/mol. The molecule has 11 heteroatoms. The number of carbonyl (C=O) groups is 2. The first-order chi connectivity index (χ1) is 15.0. The molecule has 32 heavy (non-hydrogen) atoms. The van der Waals surface area contributed by atoms with Crippen LogP contribution in [0.25, 0.3) is 0 Å². The highest BCUT2D eigenvalue weighted by atomic mass is 19.4.